The van der Waals surface area contributed by atoms with E-state index in [4.69, 9.17) is 5.73 Å². The molecule has 1 aliphatic rings. The fourth-order valence-corrected chi connectivity index (χ4v) is 4.70. The van der Waals surface area contributed by atoms with Crippen LogP contribution in [0, 0.1) is 0 Å². The summed E-state index contributed by atoms with van der Waals surface area (Å²) in [4.78, 5) is 8.90. The first kappa shape index (κ1) is 17.1. The molecule has 2 aromatic carbocycles. The number of nitrogens with two attached hydrogens (primary N) is 1. The van der Waals surface area contributed by atoms with Gasteiger partial charge in [-0.2, -0.15) is 4.31 Å². The molecule has 1 saturated heterocycles. The number of piperidine rings is 1. The molecule has 0 aliphatic carbocycles. The highest BCUT2D eigenvalue weighted by Gasteiger charge is 2.28. The lowest BCUT2D eigenvalue weighted by Gasteiger charge is -2.29. The van der Waals surface area contributed by atoms with E-state index in [2.05, 4.69) is 9.97 Å². The zero-order chi connectivity index (χ0) is 18.1. The second kappa shape index (κ2) is 6.75. The summed E-state index contributed by atoms with van der Waals surface area (Å²) in [6.07, 6.45) is 4.73. The Morgan fingerprint density at radius 3 is 2.19 bits per heavy atom. The van der Waals surface area contributed by atoms with Gasteiger partial charge in [0.15, 0.2) is 0 Å². The van der Waals surface area contributed by atoms with E-state index in [1.54, 1.807) is 24.5 Å². The molecule has 0 radical (unpaired) electrons. The molecule has 134 valence electrons. The van der Waals surface area contributed by atoms with Crippen LogP contribution in [0.15, 0.2) is 59.8 Å². The largest absolute Gasteiger partial charge is 0.328 e. The van der Waals surface area contributed by atoms with Crippen molar-refractivity contribution in [2.45, 2.75) is 23.8 Å². The summed E-state index contributed by atoms with van der Waals surface area (Å²) in [5.74, 6) is 0. The van der Waals surface area contributed by atoms with Gasteiger partial charge in [0, 0.05) is 31.5 Å². The molecule has 1 fully saturated rings. The van der Waals surface area contributed by atoms with Crippen molar-refractivity contribution in [3.63, 3.8) is 0 Å². The minimum absolute atomic E-state index is 0.0971. The number of hydrogen-bond donors (Lipinski definition) is 1. The van der Waals surface area contributed by atoms with Gasteiger partial charge in [0.05, 0.1) is 15.9 Å². The molecule has 1 aromatic heterocycles. The zero-order valence-electron chi connectivity index (χ0n) is 14.2. The number of rotatable bonds is 3. The third-order valence-electron chi connectivity index (χ3n) is 4.79. The summed E-state index contributed by atoms with van der Waals surface area (Å²) in [5.41, 5.74) is 9.43. The molecule has 0 atom stereocenters. The number of hydrogen-bond acceptors (Lipinski definition) is 5. The monoisotopic (exact) mass is 368 g/mol. The molecule has 0 saturated carbocycles. The molecule has 26 heavy (non-hydrogen) atoms. The van der Waals surface area contributed by atoms with Gasteiger partial charge in [-0.05, 0) is 48.2 Å². The average molecular weight is 368 g/mol. The fraction of sp³-hybridized carbons (Fsp3) is 0.263. The van der Waals surface area contributed by atoms with E-state index in [9.17, 15) is 8.42 Å². The van der Waals surface area contributed by atoms with E-state index in [1.165, 1.54) is 4.31 Å². The van der Waals surface area contributed by atoms with Gasteiger partial charge in [-0.25, -0.2) is 8.42 Å². The molecule has 0 bridgehead atoms. The zero-order valence-corrected chi connectivity index (χ0v) is 15.1. The van der Waals surface area contributed by atoms with Gasteiger partial charge >= 0.3 is 0 Å². The average Bonchev–Trinajstić information content (AvgIpc) is 2.68. The summed E-state index contributed by atoms with van der Waals surface area (Å²) in [7, 11) is -3.46. The Hall–Kier alpha value is -2.35. The fourth-order valence-electron chi connectivity index (χ4n) is 3.23. The van der Waals surface area contributed by atoms with Crippen LogP contribution >= 0.6 is 0 Å². The highest BCUT2D eigenvalue weighted by atomic mass is 32.2. The maximum Gasteiger partial charge on any atom is 0.243 e. The van der Waals surface area contributed by atoms with Crippen molar-refractivity contribution in [1.29, 1.82) is 0 Å². The van der Waals surface area contributed by atoms with Crippen molar-refractivity contribution in [3.05, 3.63) is 54.9 Å². The summed E-state index contributed by atoms with van der Waals surface area (Å²) >= 11 is 0. The molecule has 4 rings (SSSR count). The van der Waals surface area contributed by atoms with Crippen LogP contribution < -0.4 is 5.73 Å². The Morgan fingerprint density at radius 1 is 0.885 bits per heavy atom. The molecule has 0 amide bonds. The number of sulfonamides is 1. The number of fused-ring (bicyclic) bond motifs is 1. The van der Waals surface area contributed by atoms with Crippen LogP contribution in [0.4, 0.5) is 0 Å². The smallest absolute Gasteiger partial charge is 0.243 e. The van der Waals surface area contributed by atoms with Gasteiger partial charge in [-0.3, -0.25) is 9.97 Å². The molecule has 7 heteroatoms. The van der Waals surface area contributed by atoms with Crippen LogP contribution in [-0.4, -0.2) is 41.8 Å². The van der Waals surface area contributed by atoms with Crippen LogP contribution in [0.2, 0.25) is 0 Å². The van der Waals surface area contributed by atoms with Crippen molar-refractivity contribution in [2.75, 3.05) is 13.1 Å². The first-order chi connectivity index (χ1) is 12.5. The van der Waals surface area contributed by atoms with E-state index < -0.39 is 10.0 Å². The third kappa shape index (κ3) is 3.21. The van der Waals surface area contributed by atoms with Crippen molar-refractivity contribution in [3.8, 4) is 11.1 Å². The second-order valence-corrected chi connectivity index (χ2v) is 8.46. The van der Waals surface area contributed by atoms with Gasteiger partial charge in [0.2, 0.25) is 10.0 Å². The van der Waals surface area contributed by atoms with Gasteiger partial charge in [-0.15, -0.1) is 0 Å². The second-order valence-electron chi connectivity index (χ2n) is 6.53. The Morgan fingerprint density at radius 2 is 1.50 bits per heavy atom. The van der Waals surface area contributed by atoms with E-state index in [0.29, 0.717) is 30.8 Å². The van der Waals surface area contributed by atoms with Gasteiger partial charge in [0.1, 0.15) is 0 Å². The topological polar surface area (TPSA) is 89.2 Å². The first-order valence-electron chi connectivity index (χ1n) is 8.61. The van der Waals surface area contributed by atoms with E-state index in [1.807, 2.05) is 30.3 Å². The molecule has 2 N–H and O–H groups in total. The summed E-state index contributed by atoms with van der Waals surface area (Å²) in [5, 5.41) is 0. The van der Waals surface area contributed by atoms with Crippen molar-refractivity contribution >= 4 is 21.1 Å². The molecule has 6 nitrogen and oxygen atoms in total. The minimum Gasteiger partial charge on any atom is -0.328 e. The number of benzene rings is 2. The van der Waals surface area contributed by atoms with E-state index in [0.717, 1.165) is 22.2 Å². The lowest BCUT2D eigenvalue weighted by atomic mass is 10.1. The van der Waals surface area contributed by atoms with Crippen LogP contribution in [0.5, 0.6) is 0 Å². The number of aromatic nitrogens is 2. The van der Waals surface area contributed by atoms with Gasteiger partial charge in [-0.1, -0.05) is 18.2 Å². The Labute approximate surface area is 152 Å². The van der Waals surface area contributed by atoms with Gasteiger partial charge < -0.3 is 5.73 Å². The normalized spacial score (nSPS) is 16.8. The van der Waals surface area contributed by atoms with Crippen molar-refractivity contribution < 1.29 is 8.42 Å². The molecular formula is C19H20N4O2S. The Balaban J connectivity index is 1.61. The van der Waals surface area contributed by atoms with Crippen molar-refractivity contribution in [2.24, 2.45) is 5.73 Å². The summed E-state index contributed by atoms with van der Waals surface area (Å²) in [6.45, 7) is 0.961. The molecule has 0 unspecified atom stereocenters. The molecule has 3 aromatic rings. The third-order valence-corrected chi connectivity index (χ3v) is 6.71. The lowest BCUT2D eigenvalue weighted by Crippen LogP contribution is -2.42. The van der Waals surface area contributed by atoms with Crippen LogP contribution in [-0.2, 0) is 10.0 Å². The van der Waals surface area contributed by atoms with Crippen molar-refractivity contribution in [1.82, 2.24) is 14.3 Å². The summed E-state index contributed by atoms with van der Waals surface area (Å²) in [6, 6.07) is 12.9. The lowest BCUT2D eigenvalue weighted by molar-refractivity contribution is 0.320. The molecule has 0 spiro atoms. The van der Waals surface area contributed by atoms with E-state index in [-0.39, 0.29) is 6.04 Å². The van der Waals surface area contributed by atoms with Crippen LogP contribution in [0.25, 0.3) is 22.2 Å². The Kier molecular flexibility index (Phi) is 4.44. The van der Waals surface area contributed by atoms with Crippen LogP contribution in [0.3, 0.4) is 0 Å². The maximum atomic E-state index is 12.8. The predicted molar refractivity (Wildman–Crippen MR) is 101 cm³/mol. The SMILES string of the molecule is NC1CCN(S(=O)(=O)c2ccc(-c3ccc4nccnc4c3)cc2)CC1. The highest BCUT2D eigenvalue weighted by molar-refractivity contribution is 7.89. The van der Waals surface area contributed by atoms with E-state index >= 15 is 0 Å². The standard InChI is InChI=1S/C19H20N4O2S/c20-16-7-11-23(12-8-16)26(24,25)17-4-1-14(2-5-17)15-3-6-18-19(13-15)22-10-9-21-18/h1-6,9-10,13,16H,7-8,11-12,20H2. The minimum atomic E-state index is -3.46. The predicted octanol–water partition coefficient (Wildman–Crippen LogP) is 2.41. The molecule has 2 heterocycles. The highest BCUT2D eigenvalue weighted by Crippen LogP contribution is 2.26. The number of nitrogens with zero attached hydrogens (tertiary/aromatic N) is 3. The Bertz CT molecular complexity index is 1030. The summed E-state index contributed by atoms with van der Waals surface area (Å²) < 4.78 is 27.1. The first-order valence-corrected chi connectivity index (χ1v) is 10.0. The molecule has 1 aliphatic heterocycles. The molecular weight excluding hydrogens is 348 g/mol. The quantitative estimate of drug-likeness (QED) is 0.767. The van der Waals surface area contributed by atoms with Crippen LogP contribution in [0.1, 0.15) is 12.8 Å². The van der Waals surface area contributed by atoms with Gasteiger partial charge in [0.25, 0.3) is 0 Å². The maximum absolute atomic E-state index is 12.8.